The summed E-state index contributed by atoms with van der Waals surface area (Å²) in [5.41, 5.74) is 5.43. The monoisotopic (exact) mass is 378 g/mol. The van der Waals surface area contributed by atoms with Gasteiger partial charge in [0.1, 0.15) is 5.75 Å². The van der Waals surface area contributed by atoms with E-state index < -0.39 is 0 Å². The third-order valence-electron chi connectivity index (χ3n) is 7.38. The van der Waals surface area contributed by atoms with Crippen molar-refractivity contribution in [1.29, 1.82) is 0 Å². The summed E-state index contributed by atoms with van der Waals surface area (Å²) in [4.78, 5) is 0. The third kappa shape index (κ3) is 3.72. The molecule has 0 saturated heterocycles. The van der Waals surface area contributed by atoms with Crippen LogP contribution in [0.2, 0.25) is 0 Å². The zero-order valence-corrected chi connectivity index (χ0v) is 17.6. The van der Waals surface area contributed by atoms with E-state index in [2.05, 4.69) is 37.3 Å². The molecule has 2 nitrogen and oxygen atoms in total. The van der Waals surface area contributed by atoms with Gasteiger partial charge in [-0.2, -0.15) is 0 Å². The molecule has 5 rings (SSSR count). The highest BCUT2D eigenvalue weighted by Crippen LogP contribution is 2.62. The van der Waals surface area contributed by atoms with Gasteiger partial charge in [0.15, 0.2) is 0 Å². The van der Waals surface area contributed by atoms with E-state index in [1.807, 2.05) is 26.2 Å². The first-order valence-electron chi connectivity index (χ1n) is 10.8. The minimum atomic E-state index is 0.0891. The fraction of sp³-hybridized carbons (Fsp3) is 0.538. The number of hydrogen-bond donors (Lipinski definition) is 1. The third-order valence-corrected chi connectivity index (χ3v) is 7.38. The lowest BCUT2D eigenvalue weighted by Gasteiger charge is -2.57. The summed E-state index contributed by atoms with van der Waals surface area (Å²) in [7, 11) is 1.82. The predicted octanol–water partition coefficient (Wildman–Crippen LogP) is 6.06. The maximum Gasteiger partial charge on any atom is 0.122 e. The molecule has 0 aliphatic heterocycles. The lowest BCUT2D eigenvalue weighted by atomic mass is 9.48. The van der Waals surface area contributed by atoms with Crippen LogP contribution in [0, 0.1) is 17.8 Å². The molecule has 1 N–H and O–H groups in total. The average Bonchev–Trinajstić information content (AvgIpc) is 2.66. The van der Waals surface area contributed by atoms with Crippen LogP contribution in [0.15, 0.2) is 48.1 Å². The van der Waals surface area contributed by atoms with Crippen LogP contribution in [0.5, 0.6) is 5.75 Å². The number of allylic oxidation sites excluding steroid dienone is 5. The van der Waals surface area contributed by atoms with Gasteiger partial charge in [-0.25, -0.2) is 0 Å². The van der Waals surface area contributed by atoms with E-state index >= 15 is 0 Å². The normalized spacial score (nSPS) is 32.4. The quantitative estimate of drug-likeness (QED) is 0.610. The van der Waals surface area contributed by atoms with Crippen molar-refractivity contribution >= 4 is 5.57 Å². The van der Waals surface area contributed by atoms with Crippen LogP contribution in [0.25, 0.3) is 5.57 Å². The number of rotatable bonds is 6. The molecule has 4 fully saturated rings. The molecule has 0 amide bonds. The van der Waals surface area contributed by atoms with Gasteiger partial charge < -0.3 is 9.84 Å². The van der Waals surface area contributed by atoms with E-state index in [0.717, 1.165) is 29.1 Å². The van der Waals surface area contributed by atoms with E-state index in [9.17, 15) is 0 Å². The minimum Gasteiger partial charge on any atom is -0.496 e. The standard InChI is InChI=1S/C26H34O2/c1-18(9-10-27)5-4-6-19(2)23-7-8-25(28-3)24(14-23)26-15-20-11-21(16-26)13-22(12-20)17-26/h4-9,14,20-22,27H,10-13,15-17H2,1-3H3. The molecular formula is C26H34O2. The van der Waals surface area contributed by atoms with Gasteiger partial charge in [0.05, 0.1) is 13.7 Å². The van der Waals surface area contributed by atoms with Crippen LogP contribution in [-0.4, -0.2) is 18.8 Å². The average molecular weight is 379 g/mol. The first-order valence-corrected chi connectivity index (χ1v) is 10.8. The van der Waals surface area contributed by atoms with Crippen molar-refractivity contribution in [3.63, 3.8) is 0 Å². The summed E-state index contributed by atoms with van der Waals surface area (Å²) < 4.78 is 5.84. The largest absolute Gasteiger partial charge is 0.496 e. The number of hydrogen-bond acceptors (Lipinski definition) is 2. The van der Waals surface area contributed by atoms with Crippen LogP contribution in [0.3, 0.4) is 0 Å². The number of aliphatic hydroxyl groups is 1. The smallest absolute Gasteiger partial charge is 0.122 e. The molecule has 2 heteroatoms. The summed E-state index contributed by atoms with van der Waals surface area (Å²) in [6.07, 6.45) is 16.6. The molecule has 150 valence electrons. The molecular weight excluding hydrogens is 344 g/mol. The van der Waals surface area contributed by atoms with Gasteiger partial charge in [0.25, 0.3) is 0 Å². The second kappa shape index (κ2) is 7.91. The van der Waals surface area contributed by atoms with Crippen molar-refractivity contribution in [3.8, 4) is 5.75 Å². The Kier molecular flexibility index (Phi) is 5.51. The molecule has 1 aromatic carbocycles. The second-order valence-electron chi connectivity index (χ2n) is 9.45. The molecule has 0 heterocycles. The van der Waals surface area contributed by atoms with Crippen LogP contribution in [0.1, 0.15) is 63.5 Å². The maximum absolute atomic E-state index is 8.98. The zero-order valence-electron chi connectivity index (χ0n) is 17.6. The maximum atomic E-state index is 8.98. The summed E-state index contributed by atoms with van der Waals surface area (Å²) in [6, 6.07) is 6.79. The lowest BCUT2D eigenvalue weighted by molar-refractivity contribution is -0.00616. The van der Waals surface area contributed by atoms with Gasteiger partial charge >= 0.3 is 0 Å². The highest BCUT2D eigenvalue weighted by molar-refractivity contribution is 5.67. The zero-order chi connectivity index (χ0) is 19.7. The van der Waals surface area contributed by atoms with Crippen molar-refractivity contribution in [2.75, 3.05) is 13.7 Å². The van der Waals surface area contributed by atoms with Crippen LogP contribution in [-0.2, 0) is 5.41 Å². The first kappa shape index (κ1) is 19.5. The molecule has 1 aromatic rings. The molecule has 0 unspecified atom stereocenters. The summed E-state index contributed by atoms with van der Waals surface area (Å²) in [5, 5.41) is 8.98. The van der Waals surface area contributed by atoms with Crippen LogP contribution >= 0.6 is 0 Å². The van der Waals surface area contributed by atoms with E-state index in [-0.39, 0.29) is 6.61 Å². The van der Waals surface area contributed by atoms with Gasteiger partial charge in [-0.05, 0) is 98.8 Å². The molecule has 4 aliphatic carbocycles. The van der Waals surface area contributed by atoms with Crippen molar-refractivity contribution in [2.45, 2.75) is 57.8 Å². The van der Waals surface area contributed by atoms with E-state index in [0.29, 0.717) is 5.41 Å². The molecule has 4 bridgehead atoms. The minimum absolute atomic E-state index is 0.0891. The van der Waals surface area contributed by atoms with Crippen molar-refractivity contribution < 1.29 is 9.84 Å². The second-order valence-corrected chi connectivity index (χ2v) is 9.45. The van der Waals surface area contributed by atoms with Crippen molar-refractivity contribution in [2.24, 2.45) is 17.8 Å². The van der Waals surface area contributed by atoms with Gasteiger partial charge in [0.2, 0.25) is 0 Å². The number of methoxy groups -OCH3 is 1. The SMILES string of the molecule is COc1ccc(C(C)=CC=CC(C)=CCO)cc1C12CC3CC(CC(C3)C1)C2. The van der Waals surface area contributed by atoms with E-state index in [4.69, 9.17) is 9.84 Å². The first-order chi connectivity index (χ1) is 13.5. The Hall–Kier alpha value is -1.80. The number of aliphatic hydroxyl groups excluding tert-OH is 1. The van der Waals surface area contributed by atoms with Crippen LogP contribution in [0.4, 0.5) is 0 Å². The Morgan fingerprint density at radius 3 is 2.32 bits per heavy atom. The Morgan fingerprint density at radius 1 is 1.11 bits per heavy atom. The number of benzene rings is 1. The molecule has 0 atom stereocenters. The van der Waals surface area contributed by atoms with Crippen molar-refractivity contribution in [3.05, 3.63) is 59.2 Å². The van der Waals surface area contributed by atoms with Crippen LogP contribution < -0.4 is 4.74 Å². The summed E-state index contributed by atoms with van der Waals surface area (Å²) in [6.45, 7) is 4.28. The van der Waals surface area contributed by atoms with Gasteiger partial charge in [-0.3, -0.25) is 0 Å². The molecule has 0 spiro atoms. The molecule has 4 saturated carbocycles. The van der Waals surface area contributed by atoms with Gasteiger partial charge in [0, 0.05) is 5.56 Å². The van der Waals surface area contributed by atoms with Gasteiger partial charge in [-0.15, -0.1) is 0 Å². The Balaban J connectivity index is 1.65. The van der Waals surface area contributed by atoms with Crippen molar-refractivity contribution in [1.82, 2.24) is 0 Å². The Labute approximate surface area is 170 Å². The fourth-order valence-electron chi connectivity index (χ4n) is 6.46. The highest BCUT2D eigenvalue weighted by atomic mass is 16.5. The predicted molar refractivity (Wildman–Crippen MR) is 116 cm³/mol. The highest BCUT2D eigenvalue weighted by Gasteiger charge is 2.52. The Bertz CT molecular complexity index is 776. The fourth-order valence-corrected chi connectivity index (χ4v) is 6.46. The molecule has 28 heavy (non-hydrogen) atoms. The summed E-state index contributed by atoms with van der Waals surface area (Å²) in [5.74, 6) is 3.87. The van der Waals surface area contributed by atoms with E-state index in [1.165, 1.54) is 55.2 Å². The lowest BCUT2D eigenvalue weighted by Crippen LogP contribution is -2.48. The Morgan fingerprint density at radius 2 is 1.75 bits per heavy atom. The van der Waals surface area contributed by atoms with E-state index in [1.54, 1.807) is 0 Å². The number of ether oxygens (including phenoxy) is 1. The molecule has 4 aliphatic rings. The summed E-state index contributed by atoms with van der Waals surface area (Å²) >= 11 is 0. The van der Waals surface area contributed by atoms with Gasteiger partial charge in [-0.1, -0.05) is 35.9 Å². The molecule has 0 aromatic heterocycles. The molecule has 0 radical (unpaired) electrons. The topological polar surface area (TPSA) is 29.5 Å².